The van der Waals surface area contributed by atoms with E-state index in [0.717, 1.165) is 11.3 Å². The van der Waals surface area contributed by atoms with E-state index in [1.54, 1.807) is 6.92 Å². The molecule has 1 aromatic carbocycles. The van der Waals surface area contributed by atoms with Gasteiger partial charge in [0.2, 0.25) is 0 Å². The van der Waals surface area contributed by atoms with Crippen LogP contribution in [0.4, 0.5) is 4.79 Å². The number of nitrogens with one attached hydrogen (secondary N) is 1. The Labute approximate surface area is 105 Å². The average Bonchev–Trinajstić information content (AvgIpc) is 2.43. The van der Waals surface area contributed by atoms with Gasteiger partial charge in [-0.3, -0.25) is 0 Å². The van der Waals surface area contributed by atoms with Crippen LogP contribution >= 0.6 is 0 Å². The summed E-state index contributed by atoms with van der Waals surface area (Å²) in [6.45, 7) is 2.87. The molecule has 1 aliphatic rings. The first-order chi connectivity index (χ1) is 8.70. The number of ether oxygens (including phenoxy) is 3. The molecule has 6 nitrogen and oxygen atoms in total. The number of carbonyl (C=O) groups excluding carboxylic acids is 1. The summed E-state index contributed by atoms with van der Waals surface area (Å²) < 4.78 is 15.3. The van der Waals surface area contributed by atoms with Gasteiger partial charge in [0.05, 0.1) is 12.8 Å². The Morgan fingerprint density at radius 2 is 2.06 bits per heavy atom. The topological polar surface area (TPSA) is 69.2 Å². The zero-order valence-corrected chi connectivity index (χ0v) is 10.2. The van der Waals surface area contributed by atoms with Gasteiger partial charge in [-0.15, -0.1) is 0 Å². The van der Waals surface area contributed by atoms with E-state index < -0.39 is 6.09 Å². The van der Waals surface area contributed by atoms with Crippen molar-refractivity contribution in [1.29, 1.82) is 0 Å². The maximum Gasteiger partial charge on any atom is 0.427 e. The third-order valence-electron chi connectivity index (χ3n) is 2.46. The number of hydrogen-bond donors (Lipinski definition) is 1. The number of fused-ring (bicyclic) bond motifs is 1. The van der Waals surface area contributed by atoms with Crippen molar-refractivity contribution in [2.75, 3.05) is 20.3 Å². The molecule has 1 amide bonds. The maximum absolute atomic E-state index is 10.9. The normalized spacial score (nSPS) is 14.0. The van der Waals surface area contributed by atoms with Crippen LogP contribution in [0.25, 0.3) is 0 Å². The van der Waals surface area contributed by atoms with Gasteiger partial charge in [0.25, 0.3) is 0 Å². The van der Waals surface area contributed by atoms with Crippen LogP contribution in [0.1, 0.15) is 12.5 Å². The predicted molar refractivity (Wildman–Crippen MR) is 65.2 cm³/mol. The molecule has 0 bridgehead atoms. The molecule has 6 heteroatoms. The molecule has 0 spiro atoms. The molecule has 0 aromatic heterocycles. The molecule has 0 aliphatic carbocycles. The Hall–Kier alpha value is -2.24. The molecular formula is C12H14N2O4. The minimum Gasteiger partial charge on any atom is -0.486 e. The van der Waals surface area contributed by atoms with Gasteiger partial charge < -0.3 is 14.2 Å². The highest BCUT2D eigenvalue weighted by Crippen LogP contribution is 2.30. The summed E-state index contributed by atoms with van der Waals surface area (Å²) in [7, 11) is 1.28. The minimum absolute atomic E-state index is 0.535. The highest BCUT2D eigenvalue weighted by atomic mass is 16.6. The SMILES string of the molecule is COC(=O)N/N=C(\C)c1ccc2c(c1)OCCO2. The first-order valence-electron chi connectivity index (χ1n) is 5.49. The van der Waals surface area contributed by atoms with Crippen LogP contribution in [0.15, 0.2) is 23.3 Å². The van der Waals surface area contributed by atoms with E-state index in [-0.39, 0.29) is 0 Å². The maximum atomic E-state index is 10.9. The van der Waals surface area contributed by atoms with Crippen molar-refractivity contribution in [1.82, 2.24) is 5.43 Å². The van der Waals surface area contributed by atoms with E-state index in [2.05, 4.69) is 15.3 Å². The summed E-state index contributed by atoms with van der Waals surface area (Å²) in [5, 5.41) is 3.91. The second-order valence-electron chi connectivity index (χ2n) is 3.66. The molecule has 0 fully saturated rings. The summed E-state index contributed by atoms with van der Waals surface area (Å²) in [5.41, 5.74) is 3.76. The minimum atomic E-state index is -0.605. The molecule has 1 aliphatic heterocycles. The molecular weight excluding hydrogens is 236 g/mol. The second kappa shape index (κ2) is 5.39. The van der Waals surface area contributed by atoms with Crippen molar-refractivity contribution >= 4 is 11.8 Å². The zero-order valence-electron chi connectivity index (χ0n) is 10.2. The highest BCUT2D eigenvalue weighted by molar-refractivity contribution is 5.99. The number of nitrogens with zero attached hydrogens (tertiary/aromatic N) is 1. The first-order valence-corrected chi connectivity index (χ1v) is 5.49. The molecule has 18 heavy (non-hydrogen) atoms. The molecule has 1 heterocycles. The van der Waals surface area contributed by atoms with Crippen molar-refractivity contribution in [3.63, 3.8) is 0 Å². The van der Waals surface area contributed by atoms with Gasteiger partial charge in [-0.2, -0.15) is 5.10 Å². The molecule has 0 saturated carbocycles. The fourth-order valence-electron chi connectivity index (χ4n) is 1.51. The summed E-state index contributed by atoms with van der Waals surface area (Å²) in [6.07, 6.45) is -0.605. The number of rotatable bonds is 2. The monoisotopic (exact) mass is 250 g/mol. The van der Waals surface area contributed by atoms with E-state index in [4.69, 9.17) is 9.47 Å². The van der Waals surface area contributed by atoms with Crippen molar-refractivity contribution in [2.45, 2.75) is 6.92 Å². The van der Waals surface area contributed by atoms with Gasteiger partial charge in [-0.25, -0.2) is 10.2 Å². The summed E-state index contributed by atoms with van der Waals surface area (Å²) in [6, 6.07) is 5.50. The van der Waals surface area contributed by atoms with Gasteiger partial charge in [-0.05, 0) is 25.1 Å². The molecule has 1 N–H and O–H groups in total. The first kappa shape index (κ1) is 12.2. The van der Waals surface area contributed by atoms with Crippen molar-refractivity contribution in [3.05, 3.63) is 23.8 Å². The Morgan fingerprint density at radius 1 is 1.33 bits per heavy atom. The summed E-state index contributed by atoms with van der Waals surface area (Å²) in [5.74, 6) is 1.41. The lowest BCUT2D eigenvalue weighted by Crippen LogP contribution is -2.19. The molecule has 96 valence electrons. The summed E-state index contributed by atoms with van der Waals surface area (Å²) in [4.78, 5) is 10.9. The zero-order chi connectivity index (χ0) is 13.0. The van der Waals surface area contributed by atoms with Gasteiger partial charge in [0, 0.05) is 5.56 Å². The Bertz CT molecular complexity index is 485. The van der Waals surface area contributed by atoms with Crippen LogP contribution in [0, 0.1) is 0 Å². The van der Waals surface area contributed by atoms with Crippen molar-refractivity contribution in [2.24, 2.45) is 5.10 Å². The van der Waals surface area contributed by atoms with Crippen LogP contribution in [-0.2, 0) is 4.74 Å². The quantitative estimate of drug-likeness (QED) is 0.638. The van der Waals surface area contributed by atoms with E-state index >= 15 is 0 Å². The van der Waals surface area contributed by atoms with Gasteiger partial charge >= 0.3 is 6.09 Å². The number of methoxy groups -OCH3 is 1. The smallest absolute Gasteiger partial charge is 0.427 e. The standard InChI is InChI=1S/C12H14N2O4/c1-8(13-14-12(15)16-2)9-3-4-10-11(7-9)18-6-5-17-10/h3-4,7H,5-6H2,1-2H3,(H,14,15)/b13-8+. The number of amides is 1. The largest absolute Gasteiger partial charge is 0.486 e. The van der Waals surface area contributed by atoms with Crippen molar-refractivity contribution in [3.8, 4) is 11.5 Å². The second-order valence-corrected chi connectivity index (χ2v) is 3.66. The van der Waals surface area contributed by atoms with E-state index in [1.807, 2.05) is 18.2 Å². The van der Waals surface area contributed by atoms with Crippen LogP contribution in [0.3, 0.4) is 0 Å². The average molecular weight is 250 g/mol. The predicted octanol–water partition coefficient (Wildman–Crippen LogP) is 1.54. The Balaban J connectivity index is 2.15. The fourth-order valence-corrected chi connectivity index (χ4v) is 1.51. The van der Waals surface area contributed by atoms with Crippen LogP contribution in [-0.4, -0.2) is 32.1 Å². The van der Waals surface area contributed by atoms with Gasteiger partial charge in [0.15, 0.2) is 11.5 Å². The fraction of sp³-hybridized carbons (Fsp3) is 0.333. The van der Waals surface area contributed by atoms with E-state index in [9.17, 15) is 4.79 Å². The summed E-state index contributed by atoms with van der Waals surface area (Å²) >= 11 is 0. The van der Waals surface area contributed by atoms with Crippen molar-refractivity contribution < 1.29 is 19.0 Å². The van der Waals surface area contributed by atoms with Crippen LogP contribution in [0.2, 0.25) is 0 Å². The number of carbonyl (C=O) groups is 1. The molecule has 0 radical (unpaired) electrons. The van der Waals surface area contributed by atoms with E-state index in [1.165, 1.54) is 7.11 Å². The van der Waals surface area contributed by atoms with Gasteiger partial charge in [0.1, 0.15) is 13.2 Å². The van der Waals surface area contributed by atoms with E-state index in [0.29, 0.717) is 24.7 Å². The Morgan fingerprint density at radius 3 is 2.78 bits per heavy atom. The lowest BCUT2D eigenvalue weighted by atomic mass is 10.1. The highest BCUT2D eigenvalue weighted by Gasteiger charge is 2.12. The van der Waals surface area contributed by atoms with Crippen LogP contribution < -0.4 is 14.9 Å². The lowest BCUT2D eigenvalue weighted by molar-refractivity contribution is 0.171. The Kier molecular flexibility index (Phi) is 3.66. The molecule has 1 aromatic rings. The number of benzene rings is 1. The molecule has 2 rings (SSSR count). The third-order valence-corrected chi connectivity index (χ3v) is 2.46. The third kappa shape index (κ3) is 2.71. The molecule has 0 unspecified atom stereocenters. The lowest BCUT2D eigenvalue weighted by Gasteiger charge is -2.18. The number of hydrogen-bond acceptors (Lipinski definition) is 5. The van der Waals surface area contributed by atoms with Gasteiger partial charge in [-0.1, -0.05) is 0 Å². The molecule has 0 saturated heterocycles. The van der Waals surface area contributed by atoms with Crippen LogP contribution in [0.5, 0.6) is 11.5 Å². The molecule has 0 atom stereocenters. The number of hydrazone groups is 1.